The predicted octanol–water partition coefficient (Wildman–Crippen LogP) is 0.923. The molecule has 0 amide bonds. The lowest BCUT2D eigenvalue weighted by Crippen LogP contribution is -2.04. The molecule has 0 unspecified atom stereocenters. The molecule has 0 radical (unpaired) electrons. The second-order valence-electron chi connectivity index (χ2n) is 2.10. The van der Waals surface area contributed by atoms with Crippen molar-refractivity contribution >= 4 is 33.9 Å². The van der Waals surface area contributed by atoms with Gasteiger partial charge in [-0.05, 0) is 6.07 Å². The van der Waals surface area contributed by atoms with Crippen molar-refractivity contribution < 1.29 is 0 Å². The van der Waals surface area contributed by atoms with Gasteiger partial charge in [-0.2, -0.15) is 0 Å². The SMILES string of the molecule is O=c1[nH]cnc2c1ccn2I. The summed E-state index contributed by atoms with van der Waals surface area (Å²) < 4.78 is 1.78. The van der Waals surface area contributed by atoms with Crippen LogP contribution in [0.4, 0.5) is 0 Å². The molecule has 0 atom stereocenters. The zero-order chi connectivity index (χ0) is 7.84. The summed E-state index contributed by atoms with van der Waals surface area (Å²) in [5, 5.41) is 0.627. The lowest BCUT2D eigenvalue weighted by atomic mass is 10.4. The molecule has 0 spiro atoms. The van der Waals surface area contributed by atoms with Gasteiger partial charge in [0.15, 0.2) is 5.65 Å². The van der Waals surface area contributed by atoms with Gasteiger partial charge in [0.25, 0.3) is 5.56 Å². The first-order chi connectivity index (χ1) is 5.29. The predicted molar refractivity (Wildman–Crippen MR) is 49.8 cm³/mol. The van der Waals surface area contributed by atoms with Crippen molar-refractivity contribution in [2.24, 2.45) is 0 Å². The molecule has 2 aromatic heterocycles. The monoisotopic (exact) mass is 261 g/mol. The number of hydrogen-bond acceptors (Lipinski definition) is 2. The zero-order valence-corrected chi connectivity index (χ0v) is 7.57. The molecule has 4 nitrogen and oxygen atoms in total. The maximum absolute atomic E-state index is 11.1. The molecule has 0 aliphatic rings. The van der Waals surface area contributed by atoms with E-state index in [2.05, 4.69) is 32.8 Å². The van der Waals surface area contributed by atoms with Crippen LogP contribution in [0.5, 0.6) is 0 Å². The van der Waals surface area contributed by atoms with Crippen molar-refractivity contribution in [1.82, 2.24) is 12.7 Å². The molecule has 0 aromatic carbocycles. The standard InChI is InChI=1S/C6H4IN3O/c7-10-2-1-4-5(10)8-3-9-6(4)11/h1-3H,(H,8,9,11). The molecule has 2 heterocycles. The number of aromatic amines is 1. The van der Waals surface area contributed by atoms with Crippen LogP contribution >= 0.6 is 22.9 Å². The van der Waals surface area contributed by atoms with Crippen LogP contribution in [0.2, 0.25) is 0 Å². The van der Waals surface area contributed by atoms with Crippen LogP contribution in [-0.4, -0.2) is 12.7 Å². The van der Waals surface area contributed by atoms with E-state index in [1.165, 1.54) is 6.33 Å². The smallest absolute Gasteiger partial charge is 0.260 e. The Hall–Kier alpha value is -0.850. The molecule has 0 saturated heterocycles. The summed E-state index contributed by atoms with van der Waals surface area (Å²) in [7, 11) is 0. The van der Waals surface area contributed by atoms with E-state index in [0.717, 1.165) is 0 Å². The summed E-state index contributed by atoms with van der Waals surface area (Å²) in [5.74, 6) is 0. The van der Waals surface area contributed by atoms with E-state index >= 15 is 0 Å². The fraction of sp³-hybridized carbons (Fsp3) is 0. The molecular formula is C6H4IN3O. The number of nitrogens with one attached hydrogen (secondary N) is 1. The normalized spacial score (nSPS) is 10.6. The van der Waals surface area contributed by atoms with E-state index in [1.54, 1.807) is 15.0 Å². The van der Waals surface area contributed by atoms with E-state index in [4.69, 9.17) is 0 Å². The van der Waals surface area contributed by atoms with E-state index in [9.17, 15) is 4.79 Å². The lowest BCUT2D eigenvalue weighted by Gasteiger charge is -1.88. The number of nitrogens with zero attached hydrogens (tertiary/aromatic N) is 2. The summed E-state index contributed by atoms with van der Waals surface area (Å²) in [6, 6.07) is 1.74. The molecule has 2 rings (SSSR count). The number of halogens is 1. The Labute approximate surface area is 75.8 Å². The number of H-pyrrole nitrogens is 1. The first kappa shape index (κ1) is 6.84. The maximum atomic E-state index is 11.1. The molecule has 0 aliphatic heterocycles. The fourth-order valence-corrected chi connectivity index (χ4v) is 1.48. The minimum absolute atomic E-state index is 0.0922. The number of aromatic nitrogens is 3. The third-order valence-corrected chi connectivity index (χ3v) is 2.22. The average molecular weight is 261 g/mol. The minimum Gasteiger partial charge on any atom is -0.313 e. The third kappa shape index (κ3) is 0.953. The second-order valence-corrected chi connectivity index (χ2v) is 3.14. The van der Waals surface area contributed by atoms with E-state index in [0.29, 0.717) is 11.0 Å². The van der Waals surface area contributed by atoms with Crippen LogP contribution in [0.1, 0.15) is 0 Å². The van der Waals surface area contributed by atoms with Crippen LogP contribution < -0.4 is 5.56 Å². The lowest BCUT2D eigenvalue weighted by molar-refractivity contribution is 1.15. The molecule has 5 heteroatoms. The van der Waals surface area contributed by atoms with Crippen molar-refractivity contribution in [2.45, 2.75) is 0 Å². The highest BCUT2D eigenvalue weighted by molar-refractivity contribution is 14.1. The van der Waals surface area contributed by atoms with Crippen molar-refractivity contribution in [3.63, 3.8) is 0 Å². The zero-order valence-electron chi connectivity index (χ0n) is 5.41. The van der Waals surface area contributed by atoms with Gasteiger partial charge in [-0.3, -0.25) is 7.58 Å². The van der Waals surface area contributed by atoms with Gasteiger partial charge in [0.1, 0.15) is 0 Å². The Kier molecular flexibility index (Phi) is 1.45. The molecule has 2 aromatic rings. The van der Waals surface area contributed by atoms with Gasteiger partial charge in [0, 0.05) is 6.20 Å². The molecule has 11 heavy (non-hydrogen) atoms. The summed E-state index contributed by atoms with van der Waals surface area (Å²) in [4.78, 5) is 17.6. The first-order valence-electron chi connectivity index (χ1n) is 3.00. The van der Waals surface area contributed by atoms with Crippen molar-refractivity contribution in [3.05, 3.63) is 28.9 Å². The van der Waals surface area contributed by atoms with Gasteiger partial charge < -0.3 is 4.98 Å². The molecule has 0 fully saturated rings. The number of hydrogen-bond donors (Lipinski definition) is 1. The van der Waals surface area contributed by atoms with Crippen molar-refractivity contribution in [3.8, 4) is 0 Å². The highest BCUT2D eigenvalue weighted by Gasteiger charge is 2.01. The highest BCUT2D eigenvalue weighted by atomic mass is 127. The Morgan fingerprint density at radius 3 is 3.18 bits per heavy atom. The van der Waals surface area contributed by atoms with Gasteiger partial charge in [-0.25, -0.2) is 4.98 Å². The molecule has 0 bridgehead atoms. The summed E-state index contributed by atoms with van der Waals surface area (Å²) in [5.41, 5.74) is 0.611. The Bertz CT molecular complexity index is 444. The van der Waals surface area contributed by atoms with Gasteiger partial charge >= 0.3 is 0 Å². The summed E-state index contributed by atoms with van der Waals surface area (Å²) in [6.45, 7) is 0. The molecular weight excluding hydrogens is 257 g/mol. The van der Waals surface area contributed by atoms with Crippen LogP contribution in [0.25, 0.3) is 11.0 Å². The van der Waals surface area contributed by atoms with Crippen LogP contribution in [0.15, 0.2) is 23.4 Å². The summed E-state index contributed by atoms with van der Waals surface area (Å²) in [6.07, 6.45) is 3.20. The van der Waals surface area contributed by atoms with E-state index < -0.39 is 0 Å². The van der Waals surface area contributed by atoms with Crippen LogP contribution in [0.3, 0.4) is 0 Å². The minimum atomic E-state index is -0.0922. The van der Waals surface area contributed by atoms with E-state index in [1.807, 2.05) is 0 Å². The maximum Gasteiger partial charge on any atom is 0.260 e. The highest BCUT2D eigenvalue weighted by Crippen LogP contribution is 2.09. The van der Waals surface area contributed by atoms with Gasteiger partial charge in [0.05, 0.1) is 34.6 Å². The molecule has 0 aliphatic carbocycles. The number of fused-ring (bicyclic) bond motifs is 1. The van der Waals surface area contributed by atoms with Crippen LogP contribution in [-0.2, 0) is 0 Å². The van der Waals surface area contributed by atoms with Gasteiger partial charge in [-0.15, -0.1) is 0 Å². The van der Waals surface area contributed by atoms with E-state index in [-0.39, 0.29) is 5.56 Å². The Morgan fingerprint density at radius 1 is 1.64 bits per heavy atom. The van der Waals surface area contributed by atoms with Crippen LogP contribution in [0, 0.1) is 0 Å². The Morgan fingerprint density at radius 2 is 2.45 bits per heavy atom. The third-order valence-electron chi connectivity index (χ3n) is 1.44. The second kappa shape index (κ2) is 2.33. The summed E-state index contributed by atoms with van der Waals surface area (Å²) >= 11 is 2.07. The average Bonchev–Trinajstić information content (AvgIpc) is 2.35. The topological polar surface area (TPSA) is 50.7 Å². The van der Waals surface area contributed by atoms with Crippen molar-refractivity contribution in [2.75, 3.05) is 0 Å². The number of rotatable bonds is 0. The molecule has 56 valence electrons. The largest absolute Gasteiger partial charge is 0.313 e. The van der Waals surface area contributed by atoms with Crippen molar-refractivity contribution in [1.29, 1.82) is 0 Å². The fourth-order valence-electron chi connectivity index (χ4n) is 0.932. The first-order valence-corrected chi connectivity index (χ1v) is 3.96. The molecule has 0 saturated carbocycles. The van der Waals surface area contributed by atoms with Gasteiger partial charge in [0.2, 0.25) is 0 Å². The molecule has 1 N–H and O–H groups in total. The Balaban J connectivity index is 3.06. The van der Waals surface area contributed by atoms with Gasteiger partial charge in [-0.1, -0.05) is 0 Å². The quantitative estimate of drug-likeness (QED) is 0.717.